The van der Waals surface area contributed by atoms with Crippen LogP contribution in [0.25, 0.3) is 11.3 Å². The number of ketones is 1. The molecule has 1 amide bonds. The Morgan fingerprint density at radius 1 is 1.22 bits per heavy atom. The predicted molar refractivity (Wildman–Crippen MR) is 124 cm³/mol. The van der Waals surface area contributed by atoms with Crippen LogP contribution in [0.3, 0.4) is 0 Å². The second-order valence-corrected chi connectivity index (χ2v) is 8.41. The maximum atomic E-state index is 12.4. The predicted octanol–water partition coefficient (Wildman–Crippen LogP) is 4.34. The minimum absolute atomic E-state index is 0.0430. The number of pyridine rings is 1. The molecule has 2 heterocycles. The van der Waals surface area contributed by atoms with Gasteiger partial charge in [0.05, 0.1) is 31.2 Å². The van der Waals surface area contributed by atoms with Crippen molar-refractivity contribution in [1.82, 2.24) is 9.97 Å². The second kappa shape index (κ2) is 10.3. The van der Waals surface area contributed by atoms with Crippen molar-refractivity contribution in [3.8, 4) is 28.8 Å². The van der Waals surface area contributed by atoms with E-state index in [1.807, 2.05) is 23.6 Å². The van der Waals surface area contributed by atoms with Gasteiger partial charge in [-0.3, -0.25) is 9.59 Å². The molecule has 0 atom stereocenters. The van der Waals surface area contributed by atoms with Gasteiger partial charge in [-0.2, -0.15) is 5.26 Å². The summed E-state index contributed by atoms with van der Waals surface area (Å²) in [6, 6.07) is 8.97. The van der Waals surface area contributed by atoms with Crippen LogP contribution in [0.5, 0.6) is 11.5 Å². The molecule has 3 rings (SSSR count). The molecule has 2 aromatic heterocycles. The lowest BCUT2D eigenvalue weighted by Crippen LogP contribution is -2.14. The summed E-state index contributed by atoms with van der Waals surface area (Å²) in [6.45, 7) is 3.13. The van der Waals surface area contributed by atoms with E-state index in [1.165, 1.54) is 24.3 Å². The van der Waals surface area contributed by atoms with E-state index in [0.29, 0.717) is 38.6 Å². The first-order valence-electron chi connectivity index (χ1n) is 9.39. The van der Waals surface area contributed by atoms with Gasteiger partial charge < -0.3 is 14.8 Å². The van der Waals surface area contributed by atoms with Crippen LogP contribution < -0.4 is 14.8 Å². The van der Waals surface area contributed by atoms with Crippen molar-refractivity contribution in [1.29, 1.82) is 5.26 Å². The van der Waals surface area contributed by atoms with Gasteiger partial charge in [0.25, 0.3) is 0 Å². The number of anilines is 1. The minimum Gasteiger partial charge on any atom is -0.497 e. The molecule has 0 radical (unpaired) electrons. The summed E-state index contributed by atoms with van der Waals surface area (Å²) in [7, 11) is 3.15. The lowest BCUT2D eigenvalue weighted by molar-refractivity contribution is -0.113. The molecular formula is C22H20N4O4S2. The maximum absolute atomic E-state index is 12.4. The first kappa shape index (κ1) is 23.2. The number of nitrogens with zero attached hydrogens (tertiary/aromatic N) is 3. The monoisotopic (exact) mass is 468 g/mol. The van der Waals surface area contributed by atoms with Crippen molar-refractivity contribution in [3.63, 3.8) is 0 Å². The van der Waals surface area contributed by atoms with Gasteiger partial charge in [0.2, 0.25) is 5.91 Å². The van der Waals surface area contributed by atoms with Gasteiger partial charge in [-0.25, -0.2) is 9.97 Å². The SMILES string of the molecule is COc1ccc(-c2csc(NC(=O)CSc3nc(C)c(C(C)=O)cc3C#N)n2)c(OC)c1. The van der Waals surface area contributed by atoms with Crippen molar-refractivity contribution >= 4 is 39.9 Å². The number of benzene rings is 1. The topological polar surface area (TPSA) is 114 Å². The summed E-state index contributed by atoms with van der Waals surface area (Å²) >= 11 is 2.43. The number of aryl methyl sites for hydroxylation is 1. The molecule has 0 aliphatic carbocycles. The number of amides is 1. The number of rotatable bonds is 8. The molecule has 0 saturated heterocycles. The first-order chi connectivity index (χ1) is 15.4. The molecule has 8 nitrogen and oxygen atoms in total. The van der Waals surface area contributed by atoms with Crippen LogP contribution in [0.4, 0.5) is 5.13 Å². The van der Waals surface area contributed by atoms with Gasteiger partial charge in [-0.05, 0) is 32.0 Å². The molecule has 0 fully saturated rings. The highest BCUT2D eigenvalue weighted by molar-refractivity contribution is 8.00. The molecule has 3 aromatic rings. The number of aromatic nitrogens is 2. The Kier molecular flexibility index (Phi) is 7.45. The van der Waals surface area contributed by atoms with Crippen molar-refractivity contribution in [2.75, 3.05) is 25.3 Å². The minimum atomic E-state index is -0.281. The number of hydrogen-bond acceptors (Lipinski definition) is 9. The number of thioether (sulfide) groups is 1. The van der Waals surface area contributed by atoms with E-state index < -0.39 is 0 Å². The van der Waals surface area contributed by atoms with Crippen LogP contribution in [0, 0.1) is 18.3 Å². The number of nitrogens with one attached hydrogen (secondary N) is 1. The summed E-state index contributed by atoms with van der Waals surface area (Å²) in [5, 5.41) is 14.8. The van der Waals surface area contributed by atoms with Gasteiger partial charge in [-0.15, -0.1) is 11.3 Å². The van der Waals surface area contributed by atoms with Crippen LogP contribution in [0.1, 0.15) is 28.5 Å². The van der Waals surface area contributed by atoms with Gasteiger partial charge in [0.15, 0.2) is 10.9 Å². The lowest BCUT2D eigenvalue weighted by atomic mass is 10.1. The van der Waals surface area contributed by atoms with E-state index in [2.05, 4.69) is 15.3 Å². The van der Waals surface area contributed by atoms with E-state index in [1.54, 1.807) is 27.2 Å². The molecule has 1 aromatic carbocycles. The quantitative estimate of drug-likeness (QED) is 0.384. The summed E-state index contributed by atoms with van der Waals surface area (Å²) in [5.41, 5.74) is 2.64. The summed E-state index contributed by atoms with van der Waals surface area (Å²) in [4.78, 5) is 32.9. The Balaban J connectivity index is 1.69. The van der Waals surface area contributed by atoms with Crippen molar-refractivity contribution < 1.29 is 19.1 Å². The second-order valence-electron chi connectivity index (χ2n) is 6.58. The number of thiazole rings is 1. The summed E-state index contributed by atoms with van der Waals surface area (Å²) < 4.78 is 10.6. The lowest BCUT2D eigenvalue weighted by Gasteiger charge is -2.08. The average molecular weight is 469 g/mol. The highest BCUT2D eigenvalue weighted by atomic mass is 32.2. The van der Waals surface area contributed by atoms with Crippen molar-refractivity contribution in [2.45, 2.75) is 18.9 Å². The Bertz CT molecular complexity index is 1220. The molecule has 0 spiro atoms. The fourth-order valence-corrected chi connectivity index (χ4v) is 4.41. The number of carbonyl (C=O) groups excluding carboxylic acids is 2. The molecule has 10 heteroatoms. The van der Waals surface area contributed by atoms with E-state index in [0.717, 1.165) is 17.3 Å². The van der Waals surface area contributed by atoms with Gasteiger partial charge in [0, 0.05) is 28.3 Å². The molecule has 164 valence electrons. The molecule has 0 bridgehead atoms. The zero-order valence-electron chi connectivity index (χ0n) is 17.9. The molecule has 1 N–H and O–H groups in total. The van der Waals surface area contributed by atoms with Gasteiger partial charge in [-0.1, -0.05) is 11.8 Å². The number of hydrogen-bond donors (Lipinski definition) is 1. The smallest absolute Gasteiger partial charge is 0.236 e. The van der Waals surface area contributed by atoms with Crippen LogP contribution in [0.2, 0.25) is 0 Å². The molecule has 32 heavy (non-hydrogen) atoms. The van der Waals surface area contributed by atoms with Crippen LogP contribution in [-0.2, 0) is 4.79 Å². The normalized spacial score (nSPS) is 10.3. The summed E-state index contributed by atoms with van der Waals surface area (Å²) in [5.74, 6) is 0.887. The third-order valence-corrected chi connectivity index (χ3v) is 6.20. The molecule has 0 saturated carbocycles. The van der Waals surface area contributed by atoms with E-state index in [9.17, 15) is 14.9 Å². The first-order valence-corrected chi connectivity index (χ1v) is 11.3. The van der Waals surface area contributed by atoms with Crippen molar-refractivity contribution in [3.05, 3.63) is 46.5 Å². The average Bonchev–Trinajstić information content (AvgIpc) is 3.24. The van der Waals surface area contributed by atoms with E-state index >= 15 is 0 Å². The molecule has 0 aliphatic rings. The third-order valence-electron chi connectivity index (χ3n) is 4.45. The maximum Gasteiger partial charge on any atom is 0.236 e. The standard InChI is InChI=1S/C22H20N4O4S2/c1-12-17(13(2)27)7-14(9-23)21(24-12)31-11-20(28)26-22-25-18(10-32-22)16-6-5-15(29-3)8-19(16)30-4/h5-8,10H,11H2,1-4H3,(H,25,26,28). The number of carbonyl (C=O) groups is 2. The highest BCUT2D eigenvalue weighted by Crippen LogP contribution is 2.35. The van der Waals surface area contributed by atoms with Gasteiger partial charge >= 0.3 is 0 Å². The fourth-order valence-electron chi connectivity index (χ4n) is 2.88. The molecular weight excluding hydrogens is 448 g/mol. The van der Waals surface area contributed by atoms with E-state index in [4.69, 9.17) is 9.47 Å². The van der Waals surface area contributed by atoms with Crippen molar-refractivity contribution in [2.24, 2.45) is 0 Å². The van der Waals surface area contributed by atoms with Crippen LogP contribution in [0.15, 0.2) is 34.7 Å². The number of Topliss-reactive ketones (excluding diaryl/α,β-unsaturated/α-hetero) is 1. The Morgan fingerprint density at radius 2 is 2.00 bits per heavy atom. The van der Waals surface area contributed by atoms with Crippen LogP contribution >= 0.6 is 23.1 Å². The molecule has 0 aliphatic heterocycles. The number of ether oxygens (including phenoxy) is 2. The Labute approximate surface area is 193 Å². The van der Waals surface area contributed by atoms with E-state index in [-0.39, 0.29) is 23.0 Å². The Morgan fingerprint density at radius 3 is 2.66 bits per heavy atom. The largest absolute Gasteiger partial charge is 0.497 e. The van der Waals surface area contributed by atoms with Gasteiger partial charge in [0.1, 0.15) is 22.6 Å². The zero-order valence-corrected chi connectivity index (χ0v) is 19.5. The number of methoxy groups -OCH3 is 2. The van der Waals surface area contributed by atoms with Crippen LogP contribution in [-0.4, -0.2) is 41.6 Å². The highest BCUT2D eigenvalue weighted by Gasteiger charge is 2.16. The fraction of sp³-hybridized carbons (Fsp3) is 0.227. The summed E-state index contributed by atoms with van der Waals surface area (Å²) in [6.07, 6.45) is 0. The number of nitriles is 1. The zero-order chi connectivity index (χ0) is 23.3. The third kappa shape index (κ3) is 5.25. The molecule has 0 unspecified atom stereocenters. The Hall–Kier alpha value is -3.42.